The Morgan fingerprint density at radius 2 is 1.85 bits per heavy atom. The quantitative estimate of drug-likeness (QED) is 0.684. The van der Waals surface area contributed by atoms with Crippen molar-refractivity contribution in [2.45, 2.75) is 12.8 Å². The summed E-state index contributed by atoms with van der Waals surface area (Å²) in [6.07, 6.45) is 0. The average molecular weight is 173 g/mol. The molecule has 0 bridgehead atoms. The summed E-state index contributed by atoms with van der Waals surface area (Å²) in [4.78, 5) is 0. The fourth-order valence-corrected chi connectivity index (χ4v) is 2.84. The third-order valence-electron chi connectivity index (χ3n) is 3.64. The van der Waals surface area contributed by atoms with Crippen LogP contribution in [-0.4, -0.2) is 13.1 Å². The highest BCUT2D eigenvalue weighted by molar-refractivity contribution is 5.36. The van der Waals surface area contributed by atoms with Crippen LogP contribution in [0, 0.1) is 18.8 Å². The second kappa shape index (κ2) is 2.58. The van der Waals surface area contributed by atoms with Crippen molar-refractivity contribution in [3.8, 4) is 0 Å². The molecular formula is C12H15N. The van der Waals surface area contributed by atoms with Gasteiger partial charge >= 0.3 is 0 Å². The van der Waals surface area contributed by atoms with Gasteiger partial charge in [-0.2, -0.15) is 0 Å². The Balaban J connectivity index is 1.91. The lowest BCUT2D eigenvalue weighted by Gasteiger charge is -2.07. The van der Waals surface area contributed by atoms with E-state index in [4.69, 9.17) is 0 Å². The summed E-state index contributed by atoms with van der Waals surface area (Å²) < 4.78 is 0. The van der Waals surface area contributed by atoms with Crippen molar-refractivity contribution < 1.29 is 0 Å². The zero-order valence-corrected chi connectivity index (χ0v) is 7.96. The number of aryl methyl sites for hydroxylation is 1. The standard InChI is InChI=1S/C12H15N/c1-8-4-2-3-5-9(8)12-10-6-13-7-11(10)12/h2-5,10-13H,6-7H2,1H3/t10-,11+,12?. The summed E-state index contributed by atoms with van der Waals surface area (Å²) in [5.74, 6) is 2.77. The fourth-order valence-electron chi connectivity index (χ4n) is 2.84. The molecule has 1 aliphatic carbocycles. The van der Waals surface area contributed by atoms with E-state index in [0.29, 0.717) is 0 Å². The van der Waals surface area contributed by atoms with E-state index >= 15 is 0 Å². The van der Waals surface area contributed by atoms with Gasteiger partial charge in [-0.25, -0.2) is 0 Å². The van der Waals surface area contributed by atoms with Crippen molar-refractivity contribution in [2.24, 2.45) is 11.8 Å². The molecule has 1 N–H and O–H groups in total. The summed E-state index contributed by atoms with van der Waals surface area (Å²) >= 11 is 0. The van der Waals surface area contributed by atoms with E-state index in [1.807, 2.05) is 0 Å². The second-order valence-corrected chi connectivity index (χ2v) is 4.37. The van der Waals surface area contributed by atoms with Gasteiger partial charge in [-0.1, -0.05) is 24.3 Å². The average Bonchev–Trinajstić information content (AvgIpc) is 2.61. The Bertz CT molecular complexity index is 322. The maximum atomic E-state index is 3.44. The number of hydrogen-bond donors (Lipinski definition) is 1. The fraction of sp³-hybridized carbons (Fsp3) is 0.500. The Hall–Kier alpha value is -0.820. The molecule has 3 atom stereocenters. The van der Waals surface area contributed by atoms with E-state index in [1.54, 1.807) is 5.56 Å². The maximum absolute atomic E-state index is 3.44. The molecule has 1 heteroatoms. The molecule has 1 unspecified atom stereocenters. The van der Waals surface area contributed by atoms with E-state index in [9.17, 15) is 0 Å². The Morgan fingerprint density at radius 3 is 2.54 bits per heavy atom. The molecule has 2 fully saturated rings. The van der Waals surface area contributed by atoms with Gasteiger partial charge in [0.1, 0.15) is 0 Å². The minimum Gasteiger partial charge on any atom is -0.316 e. The van der Waals surface area contributed by atoms with E-state index in [1.165, 1.54) is 18.7 Å². The third-order valence-corrected chi connectivity index (χ3v) is 3.64. The number of fused-ring (bicyclic) bond motifs is 1. The van der Waals surface area contributed by atoms with E-state index < -0.39 is 0 Å². The molecule has 13 heavy (non-hydrogen) atoms. The van der Waals surface area contributed by atoms with Crippen LogP contribution in [0.1, 0.15) is 17.0 Å². The summed E-state index contributed by atoms with van der Waals surface area (Å²) in [5, 5.41) is 3.44. The zero-order chi connectivity index (χ0) is 8.84. The van der Waals surface area contributed by atoms with Crippen LogP contribution < -0.4 is 5.32 Å². The van der Waals surface area contributed by atoms with Crippen LogP contribution in [-0.2, 0) is 0 Å². The van der Waals surface area contributed by atoms with Gasteiger partial charge in [-0.3, -0.25) is 0 Å². The first kappa shape index (κ1) is 7.57. The van der Waals surface area contributed by atoms with E-state index in [0.717, 1.165) is 17.8 Å². The lowest BCUT2D eigenvalue weighted by molar-refractivity contribution is 0.682. The molecule has 0 radical (unpaired) electrons. The Labute approximate surface area is 79.2 Å². The van der Waals surface area contributed by atoms with Crippen molar-refractivity contribution in [3.63, 3.8) is 0 Å². The second-order valence-electron chi connectivity index (χ2n) is 4.37. The van der Waals surface area contributed by atoms with Crippen molar-refractivity contribution in [3.05, 3.63) is 35.4 Å². The van der Waals surface area contributed by atoms with Gasteiger partial charge < -0.3 is 5.32 Å². The molecule has 0 spiro atoms. The lowest BCUT2D eigenvalue weighted by atomic mass is 10.0. The zero-order valence-electron chi connectivity index (χ0n) is 7.96. The van der Waals surface area contributed by atoms with Crippen LogP contribution in [0.5, 0.6) is 0 Å². The van der Waals surface area contributed by atoms with Crippen molar-refractivity contribution in [2.75, 3.05) is 13.1 Å². The van der Waals surface area contributed by atoms with E-state index in [2.05, 4.69) is 36.5 Å². The highest BCUT2D eigenvalue weighted by Gasteiger charge is 2.53. The molecular weight excluding hydrogens is 158 g/mol. The van der Waals surface area contributed by atoms with Crippen LogP contribution in [0.4, 0.5) is 0 Å². The molecule has 1 nitrogen and oxygen atoms in total. The van der Waals surface area contributed by atoms with Gasteiger partial charge in [0.15, 0.2) is 0 Å². The van der Waals surface area contributed by atoms with Gasteiger partial charge in [-0.15, -0.1) is 0 Å². The number of nitrogens with one attached hydrogen (secondary N) is 1. The summed E-state index contributed by atoms with van der Waals surface area (Å²) in [6, 6.07) is 8.84. The predicted octanol–water partition coefficient (Wildman–Crippen LogP) is 1.93. The summed E-state index contributed by atoms with van der Waals surface area (Å²) in [7, 11) is 0. The Kier molecular flexibility index (Phi) is 1.50. The SMILES string of the molecule is Cc1ccccc1C1[C@H]2CNC[C@@H]12. The molecule has 68 valence electrons. The Morgan fingerprint density at radius 1 is 1.15 bits per heavy atom. The van der Waals surface area contributed by atoms with E-state index in [-0.39, 0.29) is 0 Å². The largest absolute Gasteiger partial charge is 0.316 e. The topological polar surface area (TPSA) is 12.0 Å². The molecule has 3 rings (SSSR count). The van der Waals surface area contributed by atoms with Crippen LogP contribution in [0.2, 0.25) is 0 Å². The third kappa shape index (κ3) is 1.03. The first-order chi connectivity index (χ1) is 6.38. The number of hydrogen-bond acceptors (Lipinski definition) is 1. The number of piperidine rings is 1. The minimum atomic E-state index is 0.877. The molecule has 0 aromatic heterocycles. The van der Waals surface area contributed by atoms with Gasteiger partial charge in [0.05, 0.1) is 0 Å². The smallest absolute Gasteiger partial charge is 0.00111 e. The molecule has 1 heterocycles. The van der Waals surface area contributed by atoms with Gasteiger partial charge in [0, 0.05) is 0 Å². The normalized spacial score (nSPS) is 35.9. The minimum absolute atomic E-state index is 0.877. The molecule has 1 aromatic carbocycles. The van der Waals surface area contributed by atoms with Crippen LogP contribution in [0.25, 0.3) is 0 Å². The predicted molar refractivity (Wildman–Crippen MR) is 53.8 cm³/mol. The van der Waals surface area contributed by atoms with Crippen LogP contribution in [0.15, 0.2) is 24.3 Å². The highest BCUT2D eigenvalue weighted by Crippen LogP contribution is 2.56. The molecule has 1 saturated heterocycles. The summed E-state index contributed by atoms with van der Waals surface area (Å²) in [6.45, 7) is 4.71. The van der Waals surface area contributed by atoms with Gasteiger partial charge in [-0.05, 0) is 48.9 Å². The van der Waals surface area contributed by atoms with Crippen molar-refractivity contribution >= 4 is 0 Å². The van der Waals surface area contributed by atoms with Crippen LogP contribution in [0.3, 0.4) is 0 Å². The molecule has 0 amide bonds. The number of rotatable bonds is 1. The van der Waals surface area contributed by atoms with Crippen molar-refractivity contribution in [1.29, 1.82) is 0 Å². The first-order valence-electron chi connectivity index (χ1n) is 5.14. The van der Waals surface area contributed by atoms with Crippen LogP contribution >= 0.6 is 0 Å². The van der Waals surface area contributed by atoms with Gasteiger partial charge in [0.25, 0.3) is 0 Å². The molecule has 1 aliphatic heterocycles. The number of benzene rings is 1. The maximum Gasteiger partial charge on any atom is -0.00111 e. The molecule has 2 aliphatic rings. The summed E-state index contributed by atoms with van der Waals surface area (Å²) in [5.41, 5.74) is 3.07. The highest BCUT2D eigenvalue weighted by atomic mass is 15.0. The van der Waals surface area contributed by atoms with Gasteiger partial charge in [0.2, 0.25) is 0 Å². The lowest BCUT2D eigenvalue weighted by Crippen LogP contribution is -2.14. The molecule has 1 saturated carbocycles. The monoisotopic (exact) mass is 173 g/mol. The van der Waals surface area contributed by atoms with Crippen molar-refractivity contribution in [1.82, 2.24) is 5.32 Å². The first-order valence-corrected chi connectivity index (χ1v) is 5.14. The molecule has 1 aromatic rings.